The molecule has 0 aromatic carbocycles. The summed E-state index contributed by atoms with van der Waals surface area (Å²) >= 11 is 0. The first-order chi connectivity index (χ1) is 12.0. The lowest BCUT2D eigenvalue weighted by molar-refractivity contribution is 0.0940. The van der Waals surface area contributed by atoms with E-state index in [1.807, 2.05) is 0 Å². The Morgan fingerprint density at radius 2 is 2.08 bits per heavy atom. The molecule has 1 atom stereocenters. The van der Waals surface area contributed by atoms with Crippen LogP contribution in [0.3, 0.4) is 0 Å². The molecular formula is C19H29N5O. The number of likely N-dealkylation sites (tertiary alicyclic amines) is 1. The van der Waals surface area contributed by atoms with Crippen LogP contribution in [0.15, 0.2) is 0 Å². The van der Waals surface area contributed by atoms with Crippen LogP contribution >= 0.6 is 0 Å². The van der Waals surface area contributed by atoms with Crippen molar-refractivity contribution in [1.29, 1.82) is 0 Å². The molecule has 6 nitrogen and oxygen atoms in total. The average Bonchev–Trinajstić information content (AvgIpc) is 3.23. The Hall–Kier alpha value is -1.69. The Morgan fingerprint density at radius 3 is 2.80 bits per heavy atom. The summed E-state index contributed by atoms with van der Waals surface area (Å²) in [6.07, 6.45) is 5.36. The summed E-state index contributed by atoms with van der Waals surface area (Å²) in [6, 6.07) is 0.497. The molecular weight excluding hydrogens is 314 g/mol. The van der Waals surface area contributed by atoms with E-state index in [4.69, 9.17) is 4.98 Å². The number of carbonyl (C=O) groups is 1. The smallest absolute Gasteiger partial charge is 0.270 e. The summed E-state index contributed by atoms with van der Waals surface area (Å²) in [6.45, 7) is 7.35. The normalized spacial score (nSPS) is 25.0. The lowest BCUT2D eigenvalue weighted by Crippen LogP contribution is -2.35. The van der Waals surface area contributed by atoms with Crippen molar-refractivity contribution in [3.8, 4) is 0 Å². The zero-order valence-electron chi connectivity index (χ0n) is 15.6. The van der Waals surface area contributed by atoms with Crippen LogP contribution in [-0.2, 0) is 12.8 Å². The molecule has 0 bridgehead atoms. The maximum Gasteiger partial charge on any atom is 0.270 e. The fraction of sp³-hybridized carbons (Fsp3) is 0.737. The van der Waals surface area contributed by atoms with Crippen molar-refractivity contribution in [2.45, 2.75) is 52.0 Å². The number of rotatable bonds is 4. The Bertz CT molecular complexity index is 679. The molecule has 2 fully saturated rings. The van der Waals surface area contributed by atoms with Gasteiger partial charge in [0.05, 0.1) is 0 Å². The highest BCUT2D eigenvalue weighted by Crippen LogP contribution is 2.55. The zero-order chi connectivity index (χ0) is 17.6. The number of anilines is 1. The molecule has 1 aromatic rings. The molecule has 2 aliphatic heterocycles. The van der Waals surface area contributed by atoms with Gasteiger partial charge in [0, 0.05) is 24.6 Å². The van der Waals surface area contributed by atoms with Gasteiger partial charge >= 0.3 is 0 Å². The maximum atomic E-state index is 12.3. The van der Waals surface area contributed by atoms with Gasteiger partial charge in [0.25, 0.3) is 5.91 Å². The van der Waals surface area contributed by atoms with Gasteiger partial charge in [0.2, 0.25) is 0 Å². The summed E-state index contributed by atoms with van der Waals surface area (Å²) in [5.74, 6) is 2.11. The molecule has 3 heterocycles. The second-order valence-corrected chi connectivity index (χ2v) is 8.49. The van der Waals surface area contributed by atoms with E-state index in [1.165, 1.54) is 32.4 Å². The van der Waals surface area contributed by atoms with Crippen molar-refractivity contribution in [2.75, 3.05) is 32.0 Å². The predicted octanol–water partition coefficient (Wildman–Crippen LogP) is 1.86. The fourth-order valence-corrected chi connectivity index (χ4v) is 4.25. The van der Waals surface area contributed by atoms with Gasteiger partial charge < -0.3 is 15.5 Å². The SMILES string of the molecule is CC(C)Cc1nc(NC2CC23CCN(C)CC3)c2c(n1)C(=O)NCC2. The van der Waals surface area contributed by atoms with E-state index in [1.54, 1.807) is 0 Å². The molecule has 3 aliphatic rings. The van der Waals surface area contributed by atoms with Crippen LogP contribution in [0.4, 0.5) is 5.82 Å². The standard InChI is InChI=1S/C19H29N5O/c1-12(2)10-15-22-16-13(4-7-20-18(16)25)17(23-15)21-14-11-19(14)5-8-24(3)9-6-19/h12,14H,4-11H2,1-3H3,(H,20,25)(H,21,22,23). The molecule has 1 saturated heterocycles. The molecule has 4 rings (SSSR count). The number of hydrogen-bond acceptors (Lipinski definition) is 5. The number of nitrogens with zero attached hydrogens (tertiary/aromatic N) is 3. The van der Waals surface area contributed by atoms with Gasteiger partial charge in [0.15, 0.2) is 0 Å². The van der Waals surface area contributed by atoms with Crippen LogP contribution in [0, 0.1) is 11.3 Å². The number of fused-ring (bicyclic) bond motifs is 1. The fourth-order valence-electron chi connectivity index (χ4n) is 4.25. The third-order valence-corrected chi connectivity index (χ3v) is 6.00. The zero-order valence-corrected chi connectivity index (χ0v) is 15.6. The number of carbonyl (C=O) groups excluding carboxylic acids is 1. The van der Waals surface area contributed by atoms with Gasteiger partial charge in [-0.1, -0.05) is 13.8 Å². The molecule has 1 unspecified atom stereocenters. The molecule has 2 N–H and O–H groups in total. The van der Waals surface area contributed by atoms with E-state index in [2.05, 4.69) is 41.4 Å². The van der Waals surface area contributed by atoms with Crippen LogP contribution < -0.4 is 10.6 Å². The Balaban J connectivity index is 1.58. The minimum Gasteiger partial charge on any atom is -0.366 e. The Morgan fingerprint density at radius 1 is 1.32 bits per heavy atom. The highest BCUT2D eigenvalue weighted by Gasteiger charge is 2.55. The van der Waals surface area contributed by atoms with Crippen molar-refractivity contribution in [1.82, 2.24) is 20.2 Å². The monoisotopic (exact) mass is 343 g/mol. The highest BCUT2D eigenvalue weighted by atomic mass is 16.1. The van der Waals surface area contributed by atoms with Gasteiger partial charge in [-0.15, -0.1) is 0 Å². The average molecular weight is 343 g/mol. The van der Waals surface area contributed by atoms with Crippen LogP contribution in [-0.4, -0.2) is 53.5 Å². The quantitative estimate of drug-likeness (QED) is 0.873. The van der Waals surface area contributed by atoms with E-state index in [9.17, 15) is 4.79 Å². The number of hydrogen-bond donors (Lipinski definition) is 2. The third kappa shape index (κ3) is 3.24. The van der Waals surface area contributed by atoms with E-state index >= 15 is 0 Å². The maximum absolute atomic E-state index is 12.3. The van der Waals surface area contributed by atoms with Gasteiger partial charge in [-0.25, -0.2) is 9.97 Å². The lowest BCUT2D eigenvalue weighted by atomic mass is 9.93. The summed E-state index contributed by atoms with van der Waals surface area (Å²) in [5, 5.41) is 6.62. The first-order valence-corrected chi connectivity index (χ1v) is 9.60. The Kier molecular flexibility index (Phi) is 4.18. The predicted molar refractivity (Wildman–Crippen MR) is 97.8 cm³/mol. The lowest BCUT2D eigenvalue weighted by Gasteiger charge is -2.30. The molecule has 1 amide bonds. The molecule has 6 heteroatoms. The second kappa shape index (κ2) is 6.24. The molecule has 0 radical (unpaired) electrons. The van der Waals surface area contributed by atoms with Crippen LogP contribution in [0.2, 0.25) is 0 Å². The molecule has 136 valence electrons. The van der Waals surface area contributed by atoms with Crippen molar-refractivity contribution in [2.24, 2.45) is 11.3 Å². The van der Waals surface area contributed by atoms with Crippen molar-refractivity contribution in [3.63, 3.8) is 0 Å². The first kappa shape index (κ1) is 16.8. The van der Waals surface area contributed by atoms with Crippen LogP contribution in [0.1, 0.15) is 55.0 Å². The third-order valence-electron chi connectivity index (χ3n) is 6.00. The topological polar surface area (TPSA) is 70.2 Å². The van der Waals surface area contributed by atoms with Gasteiger partial charge in [-0.05, 0) is 57.2 Å². The minimum absolute atomic E-state index is 0.0542. The Labute approximate surface area is 149 Å². The second-order valence-electron chi connectivity index (χ2n) is 8.49. The number of amides is 1. The van der Waals surface area contributed by atoms with Crippen LogP contribution in [0.5, 0.6) is 0 Å². The van der Waals surface area contributed by atoms with Crippen molar-refractivity contribution < 1.29 is 4.79 Å². The first-order valence-electron chi connectivity index (χ1n) is 9.60. The molecule has 1 aliphatic carbocycles. The largest absolute Gasteiger partial charge is 0.366 e. The van der Waals surface area contributed by atoms with Crippen molar-refractivity contribution in [3.05, 3.63) is 17.1 Å². The van der Waals surface area contributed by atoms with E-state index in [0.717, 1.165) is 30.0 Å². The van der Waals surface area contributed by atoms with E-state index in [-0.39, 0.29) is 5.91 Å². The number of aromatic nitrogens is 2. The van der Waals surface area contributed by atoms with E-state index in [0.29, 0.717) is 29.6 Å². The highest BCUT2D eigenvalue weighted by molar-refractivity contribution is 5.96. The molecule has 25 heavy (non-hydrogen) atoms. The number of piperidine rings is 1. The summed E-state index contributed by atoms with van der Waals surface area (Å²) in [7, 11) is 2.20. The summed E-state index contributed by atoms with van der Waals surface area (Å²) in [4.78, 5) is 24.1. The molecule has 1 saturated carbocycles. The van der Waals surface area contributed by atoms with Crippen molar-refractivity contribution >= 4 is 11.7 Å². The van der Waals surface area contributed by atoms with Gasteiger partial charge in [-0.2, -0.15) is 0 Å². The van der Waals surface area contributed by atoms with E-state index < -0.39 is 0 Å². The summed E-state index contributed by atoms with van der Waals surface area (Å²) in [5.41, 5.74) is 2.03. The molecule has 1 spiro atoms. The van der Waals surface area contributed by atoms with Gasteiger partial charge in [0.1, 0.15) is 17.3 Å². The number of nitrogens with one attached hydrogen (secondary N) is 2. The van der Waals surface area contributed by atoms with Gasteiger partial charge in [-0.3, -0.25) is 4.79 Å². The summed E-state index contributed by atoms with van der Waals surface area (Å²) < 4.78 is 0. The minimum atomic E-state index is -0.0542. The molecule has 1 aromatic heterocycles. The van der Waals surface area contributed by atoms with Crippen LogP contribution in [0.25, 0.3) is 0 Å².